The fourth-order valence-electron chi connectivity index (χ4n) is 2.88. The summed E-state index contributed by atoms with van der Waals surface area (Å²) >= 11 is 0. The van der Waals surface area contributed by atoms with E-state index in [0.29, 0.717) is 5.41 Å². The average Bonchev–Trinajstić information content (AvgIpc) is 3.16. The maximum Gasteiger partial charge on any atom is 0.0589 e. The molecule has 1 saturated carbocycles. The second-order valence-electron chi connectivity index (χ2n) is 6.91. The van der Waals surface area contributed by atoms with Crippen LogP contribution >= 0.6 is 0 Å². The van der Waals surface area contributed by atoms with Gasteiger partial charge in [-0.1, -0.05) is 13.8 Å². The largest absolute Gasteiger partial charge is 0.383 e. The Morgan fingerprint density at radius 1 is 1.26 bits per heavy atom. The summed E-state index contributed by atoms with van der Waals surface area (Å²) in [5.41, 5.74) is 6.07. The third kappa shape index (κ3) is 6.73. The van der Waals surface area contributed by atoms with Crippen molar-refractivity contribution in [2.75, 3.05) is 33.4 Å². The van der Waals surface area contributed by atoms with E-state index < -0.39 is 0 Å². The van der Waals surface area contributed by atoms with Crippen LogP contribution in [0.15, 0.2) is 0 Å². The maximum atomic E-state index is 5.68. The van der Waals surface area contributed by atoms with E-state index in [4.69, 9.17) is 10.5 Å². The zero-order valence-electron chi connectivity index (χ0n) is 13.5. The molecule has 0 aromatic heterocycles. The normalized spacial score (nSPS) is 18.0. The summed E-state index contributed by atoms with van der Waals surface area (Å²) < 4.78 is 5.25. The third-order valence-corrected chi connectivity index (χ3v) is 4.58. The van der Waals surface area contributed by atoms with Gasteiger partial charge in [0.15, 0.2) is 0 Å². The lowest BCUT2D eigenvalue weighted by Gasteiger charge is -2.31. The van der Waals surface area contributed by atoms with Gasteiger partial charge in [0.2, 0.25) is 0 Å². The van der Waals surface area contributed by atoms with E-state index in [9.17, 15) is 0 Å². The minimum absolute atomic E-state index is 0.393. The van der Waals surface area contributed by atoms with Crippen LogP contribution in [0.1, 0.15) is 52.9 Å². The van der Waals surface area contributed by atoms with Crippen LogP contribution in [-0.2, 0) is 4.74 Å². The SMILES string of the molecule is COCCN(CCCC(C)(C)CCN)C(C)C1CC1. The number of nitrogens with zero attached hydrogens (tertiary/aromatic N) is 1. The molecule has 2 N–H and O–H groups in total. The molecule has 0 amide bonds. The fraction of sp³-hybridized carbons (Fsp3) is 1.00. The van der Waals surface area contributed by atoms with Gasteiger partial charge in [0.25, 0.3) is 0 Å². The summed E-state index contributed by atoms with van der Waals surface area (Å²) in [7, 11) is 1.80. The first-order valence-corrected chi connectivity index (χ1v) is 7.93. The maximum absolute atomic E-state index is 5.68. The van der Waals surface area contributed by atoms with Gasteiger partial charge in [-0.2, -0.15) is 0 Å². The van der Waals surface area contributed by atoms with Crippen LogP contribution in [-0.4, -0.2) is 44.3 Å². The molecule has 1 rings (SSSR count). The first kappa shape index (κ1) is 16.9. The molecule has 1 aliphatic rings. The lowest BCUT2D eigenvalue weighted by molar-refractivity contribution is 0.112. The Hall–Kier alpha value is -0.120. The van der Waals surface area contributed by atoms with Gasteiger partial charge < -0.3 is 10.5 Å². The predicted molar refractivity (Wildman–Crippen MR) is 82.3 cm³/mol. The molecule has 0 spiro atoms. The Labute approximate surface area is 119 Å². The zero-order valence-corrected chi connectivity index (χ0v) is 13.5. The second kappa shape index (κ2) is 8.23. The molecular formula is C16H34N2O. The molecule has 114 valence electrons. The molecule has 0 aromatic rings. The van der Waals surface area contributed by atoms with Gasteiger partial charge in [-0.3, -0.25) is 4.90 Å². The van der Waals surface area contributed by atoms with E-state index in [1.807, 2.05) is 0 Å². The summed E-state index contributed by atoms with van der Waals surface area (Å²) in [5.74, 6) is 0.939. The Kier molecular flexibility index (Phi) is 7.33. The summed E-state index contributed by atoms with van der Waals surface area (Å²) in [4.78, 5) is 2.62. The Morgan fingerprint density at radius 3 is 2.47 bits per heavy atom. The van der Waals surface area contributed by atoms with Crippen molar-refractivity contribution in [3.05, 3.63) is 0 Å². The second-order valence-corrected chi connectivity index (χ2v) is 6.91. The van der Waals surface area contributed by atoms with Crippen LogP contribution in [0.4, 0.5) is 0 Å². The molecule has 1 unspecified atom stereocenters. The van der Waals surface area contributed by atoms with E-state index in [0.717, 1.165) is 38.1 Å². The highest BCUT2D eigenvalue weighted by Gasteiger charge is 2.31. The van der Waals surface area contributed by atoms with E-state index in [1.165, 1.54) is 32.2 Å². The van der Waals surface area contributed by atoms with Gasteiger partial charge in [0.1, 0.15) is 0 Å². The van der Waals surface area contributed by atoms with Crippen LogP contribution in [0.5, 0.6) is 0 Å². The minimum Gasteiger partial charge on any atom is -0.383 e. The van der Waals surface area contributed by atoms with Crippen LogP contribution in [0, 0.1) is 11.3 Å². The number of methoxy groups -OCH3 is 1. The quantitative estimate of drug-likeness (QED) is 0.627. The molecule has 3 nitrogen and oxygen atoms in total. The number of nitrogens with two attached hydrogens (primary N) is 1. The number of hydrogen-bond acceptors (Lipinski definition) is 3. The zero-order chi connectivity index (χ0) is 14.3. The Balaban J connectivity index is 2.31. The smallest absolute Gasteiger partial charge is 0.0589 e. The Morgan fingerprint density at radius 2 is 1.95 bits per heavy atom. The van der Waals surface area contributed by atoms with Gasteiger partial charge >= 0.3 is 0 Å². The summed E-state index contributed by atoms with van der Waals surface area (Å²) in [5, 5.41) is 0. The molecule has 1 atom stereocenters. The van der Waals surface area contributed by atoms with Crippen molar-refractivity contribution in [3.63, 3.8) is 0 Å². The van der Waals surface area contributed by atoms with Crippen molar-refractivity contribution in [1.82, 2.24) is 4.90 Å². The molecule has 0 heterocycles. The lowest BCUT2D eigenvalue weighted by Crippen LogP contribution is -2.38. The van der Waals surface area contributed by atoms with Gasteiger partial charge in [-0.05, 0) is 63.5 Å². The number of ether oxygens (including phenoxy) is 1. The lowest BCUT2D eigenvalue weighted by atomic mass is 9.84. The standard InChI is InChI=1S/C16H34N2O/c1-14(15-6-7-15)18(12-13-19-4)11-5-8-16(2,3)9-10-17/h14-15H,5-13,17H2,1-4H3. The van der Waals surface area contributed by atoms with E-state index in [1.54, 1.807) is 7.11 Å². The summed E-state index contributed by atoms with van der Waals surface area (Å²) in [6, 6.07) is 0.729. The first-order chi connectivity index (χ1) is 9.00. The van der Waals surface area contributed by atoms with Gasteiger partial charge in [-0.25, -0.2) is 0 Å². The van der Waals surface area contributed by atoms with E-state index in [-0.39, 0.29) is 0 Å². The van der Waals surface area contributed by atoms with Crippen molar-refractivity contribution in [2.24, 2.45) is 17.1 Å². The van der Waals surface area contributed by atoms with Crippen LogP contribution in [0.25, 0.3) is 0 Å². The molecule has 1 fully saturated rings. The van der Waals surface area contributed by atoms with Crippen LogP contribution in [0.2, 0.25) is 0 Å². The molecule has 0 aliphatic heterocycles. The van der Waals surface area contributed by atoms with Crippen molar-refractivity contribution < 1.29 is 4.74 Å². The predicted octanol–water partition coefficient (Wildman–Crippen LogP) is 2.89. The highest BCUT2D eigenvalue weighted by Crippen LogP contribution is 2.35. The molecular weight excluding hydrogens is 236 g/mol. The van der Waals surface area contributed by atoms with E-state index in [2.05, 4.69) is 25.7 Å². The van der Waals surface area contributed by atoms with Crippen molar-refractivity contribution in [3.8, 4) is 0 Å². The first-order valence-electron chi connectivity index (χ1n) is 7.93. The summed E-state index contributed by atoms with van der Waals surface area (Å²) in [6.07, 6.45) is 6.51. The van der Waals surface area contributed by atoms with Gasteiger partial charge in [0, 0.05) is 19.7 Å². The number of hydrogen-bond donors (Lipinski definition) is 1. The van der Waals surface area contributed by atoms with Crippen molar-refractivity contribution in [2.45, 2.75) is 58.9 Å². The van der Waals surface area contributed by atoms with Gasteiger partial charge in [0.05, 0.1) is 6.61 Å². The number of rotatable bonds is 11. The Bertz CT molecular complexity index is 239. The molecule has 3 heteroatoms. The van der Waals surface area contributed by atoms with Gasteiger partial charge in [-0.15, -0.1) is 0 Å². The molecule has 0 aromatic carbocycles. The van der Waals surface area contributed by atoms with Crippen LogP contribution in [0.3, 0.4) is 0 Å². The molecule has 0 saturated heterocycles. The monoisotopic (exact) mass is 270 g/mol. The minimum atomic E-state index is 0.393. The average molecular weight is 270 g/mol. The van der Waals surface area contributed by atoms with Crippen molar-refractivity contribution >= 4 is 0 Å². The highest BCUT2D eigenvalue weighted by molar-refractivity contribution is 4.85. The topological polar surface area (TPSA) is 38.5 Å². The van der Waals surface area contributed by atoms with E-state index >= 15 is 0 Å². The molecule has 19 heavy (non-hydrogen) atoms. The third-order valence-electron chi connectivity index (χ3n) is 4.58. The molecule has 0 bridgehead atoms. The van der Waals surface area contributed by atoms with Crippen molar-refractivity contribution in [1.29, 1.82) is 0 Å². The fourth-order valence-corrected chi connectivity index (χ4v) is 2.88. The molecule has 1 aliphatic carbocycles. The summed E-state index contributed by atoms with van der Waals surface area (Å²) in [6.45, 7) is 11.0. The highest BCUT2D eigenvalue weighted by atomic mass is 16.5. The molecule has 0 radical (unpaired) electrons. The van der Waals surface area contributed by atoms with Crippen LogP contribution < -0.4 is 5.73 Å².